The van der Waals surface area contributed by atoms with Crippen LogP contribution in [0, 0.1) is 13.8 Å². The van der Waals surface area contributed by atoms with E-state index >= 15 is 0 Å². The fraction of sp³-hybridized carbons (Fsp3) is 0.231. The van der Waals surface area contributed by atoms with E-state index in [1.165, 1.54) is 11.1 Å². The summed E-state index contributed by atoms with van der Waals surface area (Å²) >= 11 is 1.57. The quantitative estimate of drug-likeness (QED) is 0.785. The number of aryl methyl sites for hydroxylation is 2. The number of hydrogen-bond donors (Lipinski definition) is 1. The fourth-order valence-electron chi connectivity index (χ4n) is 1.86. The van der Waals surface area contributed by atoms with Crippen molar-refractivity contribution in [1.82, 2.24) is 14.6 Å². The number of nitrogens with one attached hydrogen (secondary N) is 1. The number of nitrogens with zero attached hydrogens (tertiary/aromatic N) is 3. The second-order valence-corrected chi connectivity index (χ2v) is 5.25. The molecule has 0 bridgehead atoms. The molecule has 92 valence electrons. The van der Waals surface area contributed by atoms with Crippen LogP contribution in [0.1, 0.15) is 16.8 Å². The molecule has 18 heavy (non-hydrogen) atoms. The lowest BCUT2D eigenvalue weighted by Crippen LogP contribution is -2.01. The second-order valence-electron chi connectivity index (χ2n) is 4.30. The van der Waals surface area contributed by atoms with E-state index in [9.17, 15) is 0 Å². The molecule has 2 aromatic heterocycles. The van der Waals surface area contributed by atoms with Crippen LogP contribution in [0.15, 0.2) is 30.5 Å². The van der Waals surface area contributed by atoms with E-state index in [4.69, 9.17) is 0 Å². The van der Waals surface area contributed by atoms with Crippen LogP contribution in [0.5, 0.6) is 0 Å². The summed E-state index contributed by atoms with van der Waals surface area (Å²) in [5.41, 5.74) is 3.59. The Hall–Kier alpha value is -1.88. The van der Waals surface area contributed by atoms with Gasteiger partial charge in [-0.05, 0) is 25.0 Å². The molecule has 1 aromatic carbocycles. The van der Waals surface area contributed by atoms with Gasteiger partial charge in [-0.2, -0.15) is 0 Å². The van der Waals surface area contributed by atoms with Crippen LogP contribution in [0.25, 0.3) is 4.96 Å². The van der Waals surface area contributed by atoms with Crippen LogP contribution in [-0.4, -0.2) is 14.6 Å². The first-order valence-electron chi connectivity index (χ1n) is 5.83. The van der Waals surface area contributed by atoms with Gasteiger partial charge < -0.3 is 5.32 Å². The summed E-state index contributed by atoms with van der Waals surface area (Å²) in [6, 6.07) is 8.36. The topological polar surface area (TPSA) is 42.2 Å². The standard InChI is InChI=1S/C13H14N4S/c1-9-5-3-4-6-11(9)7-14-12-16-17-8-10(2)15-13(17)18-12/h3-6,8H,7H2,1-2H3,(H,14,16). The first kappa shape index (κ1) is 11.2. The number of hydrogen-bond acceptors (Lipinski definition) is 4. The Bertz CT molecular complexity index is 652. The van der Waals surface area contributed by atoms with Crippen molar-refractivity contribution in [3.05, 3.63) is 47.3 Å². The highest BCUT2D eigenvalue weighted by atomic mass is 32.1. The van der Waals surface area contributed by atoms with Crippen molar-refractivity contribution in [1.29, 1.82) is 0 Å². The van der Waals surface area contributed by atoms with Gasteiger partial charge in [0.05, 0.1) is 11.9 Å². The van der Waals surface area contributed by atoms with Gasteiger partial charge in [-0.25, -0.2) is 9.50 Å². The first-order chi connectivity index (χ1) is 8.72. The maximum Gasteiger partial charge on any atom is 0.214 e. The Morgan fingerprint density at radius 2 is 2.11 bits per heavy atom. The van der Waals surface area contributed by atoms with E-state index in [1.54, 1.807) is 11.3 Å². The Morgan fingerprint density at radius 3 is 2.89 bits per heavy atom. The largest absolute Gasteiger partial charge is 0.356 e. The van der Waals surface area contributed by atoms with E-state index in [0.717, 1.165) is 22.3 Å². The van der Waals surface area contributed by atoms with Crippen molar-refractivity contribution in [2.45, 2.75) is 20.4 Å². The molecular formula is C13H14N4S. The molecule has 1 N–H and O–H groups in total. The van der Waals surface area contributed by atoms with Gasteiger partial charge in [-0.15, -0.1) is 5.10 Å². The summed E-state index contributed by atoms with van der Waals surface area (Å²) in [4.78, 5) is 5.32. The average Bonchev–Trinajstić information content (AvgIpc) is 2.84. The van der Waals surface area contributed by atoms with Crippen molar-refractivity contribution in [3.8, 4) is 0 Å². The molecule has 3 aromatic rings. The molecule has 0 atom stereocenters. The second kappa shape index (κ2) is 4.42. The van der Waals surface area contributed by atoms with Crippen molar-refractivity contribution >= 4 is 21.4 Å². The molecule has 3 rings (SSSR count). The van der Waals surface area contributed by atoms with E-state index in [2.05, 4.69) is 46.6 Å². The Balaban J connectivity index is 1.76. The number of benzene rings is 1. The van der Waals surface area contributed by atoms with Crippen molar-refractivity contribution in [3.63, 3.8) is 0 Å². The zero-order chi connectivity index (χ0) is 12.5. The Morgan fingerprint density at radius 1 is 1.28 bits per heavy atom. The highest BCUT2D eigenvalue weighted by Crippen LogP contribution is 2.20. The highest BCUT2D eigenvalue weighted by molar-refractivity contribution is 7.20. The lowest BCUT2D eigenvalue weighted by Gasteiger charge is -2.05. The van der Waals surface area contributed by atoms with Gasteiger partial charge in [-0.3, -0.25) is 0 Å². The molecular weight excluding hydrogens is 244 g/mol. The van der Waals surface area contributed by atoms with Crippen molar-refractivity contribution < 1.29 is 0 Å². The van der Waals surface area contributed by atoms with Gasteiger partial charge in [0.15, 0.2) is 0 Å². The average molecular weight is 258 g/mol. The van der Waals surface area contributed by atoms with Crippen LogP contribution in [0.4, 0.5) is 5.13 Å². The first-order valence-corrected chi connectivity index (χ1v) is 6.65. The number of aromatic nitrogens is 3. The van der Waals surface area contributed by atoms with Crippen LogP contribution >= 0.6 is 11.3 Å². The van der Waals surface area contributed by atoms with Gasteiger partial charge in [-0.1, -0.05) is 35.6 Å². The molecule has 0 radical (unpaired) electrons. The van der Waals surface area contributed by atoms with Gasteiger partial charge in [0.2, 0.25) is 10.1 Å². The summed E-state index contributed by atoms with van der Waals surface area (Å²) < 4.78 is 1.82. The Labute approximate surface area is 109 Å². The monoisotopic (exact) mass is 258 g/mol. The van der Waals surface area contributed by atoms with Crippen LogP contribution in [0.3, 0.4) is 0 Å². The molecule has 2 heterocycles. The maximum absolute atomic E-state index is 4.44. The minimum absolute atomic E-state index is 0.794. The maximum atomic E-state index is 4.44. The van der Waals surface area contributed by atoms with Crippen LogP contribution in [0.2, 0.25) is 0 Å². The van der Waals surface area contributed by atoms with Crippen LogP contribution < -0.4 is 5.32 Å². The molecule has 0 fully saturated rings. The number of rotatable bonds is 3. The summed E-state index contributed by atoms with van der Waals surface area (Å²) in [6.45, 7) is 4.89. The van der Waals surface area contributed by atoms with Gasteiger partial charge >= 0.3 is 0 Å². The summed E-state index contributed by atoms with van der Waals surface area (Å²) in [5, 5.41) is 8.69. The Kier molecular flexibility index (Phi) is 2.76. The van der Waals surface area contributed by atoms with Gasteiger partial charge in [0.25, 0.3) is 0 Å². The lowest BCUT2D eigenvalue weighted by atomic mass is 10.1. The van der Waals surface area contributed by atoms with Gasteiger partial charge in [0, 0.05) is 6.54 Å². The lowest BCUT2D eigenvalue weighted by molar-refractivity contribution is 0.958. The predicted octanol–water partition coefficient (Wildman–Crippen LogP) is 3.02. The molecule has 0 aliphatic carbocycles. The summed E-state index contributed by atoms with van der Waals surface area (Å²) in [6.07, 6.45) is 1.94. The highest BCUT2D eigenvalue weighted by Gasteiger charge is 2.06. The summed E-state index contributed by atoms with van der Waals surface area (Å²) in [7, 11) is 0. The SMILES string of the molecule is Cc1cn2nc(NCc3ccccc3C)sc2n1. The fourth-order valence-corrected chi connectivity index (χ4v) is 2.68. The molecule has 0 amide bonds. The molecule has 0 spiro atoms. The van der Waals surface area contributed by atoms with Crippen molar-refractivity contribution in [2.24, 2.45) is 0 Å². The normalized spacial score (nSPS) is 11.0. The minimum Gasteiger partial charge on any atom is -0.356 e. The third kappa shape index (κ3) is 2.09. The molecule has 0 saturated heterocycles. The number of imidazole rings is 1. The van der Waals surface area contributed by atoms with Gasteiger partial charge in [0.1, 0.15) is 0 Å². The molecule has 0 aliphatic heterocycles. The summed E-state index contributed by atoms with van der Waals surface area (Å²) in [5.74, 6) is 0. The van der Waals surface area contributed by atoms with E-state index in [1.807, 2.05) is 17.6 Å². The minimum atomic E-state index is 0.794. The van der Waals surface area contributed by atoms with E-state index in [0.29, 0.717) is 0 Å². The smallest absolute Gasteiger partial charge is 0.214 e. The molecule has 0 aliphatic rings. The zero-order valence-electron chi connectivity index (χ0n) is 10.3. The third-order valence-corrected chi connectivity index (χ3v) is 3.74. The van der Waals surface area contributed by atoms with Crippen LogP contribution in [-0.2, 0) is 6.54 Å². The van der Waals surface area contributed by atoms with E-state index < -0.39 is 0 Å². The number of fused-ring (bicyclic) bond motifs is 1. The molecule has 0 saturated carbocycles. The zero-order valence-corrected chi connectivity index (χ0v) is 11.2. The third-order valence-electron chi connectivity index (χ3n) is 2.85. The van der Waals surface area contributed by atoms with Crippen molar-refractivity contribution in [2.75, 3.05) is 5.32 Å². The number of anilines is 1. The predicted molar refractivity (Wildman–Crippen MR) is 74.1 cm³/mol. The molecule has 4 nitrogen and oxygen atoms in total. The molecule has 5 heteroatoms. The molecule has 0 unspecified atom stereocenters. The van der Waals surface area contributed by atoms with E-state index in [-0.39, 0.29) is 0 Å².